The predicted octanol–water partition coefficient (Wildman–Crippen LogP) is 1.44. The zero-order valence-corrected chi connectivity index (χ0v) is 9.94. The van der Waals surface area contributed by atoms with Gasteiger partial charge in [0, 0.05) is 19.3 Å². The van der Waals surface area contributed by atoms with Crippen LogP contribution in [-0.4, -0.2) is 28.7 Å². The molecular weight excluding hydrogens is 202 g/mol. The van der Waals surface area contributed by atoms with Crippen molar-refractivity contribution in [1.82, 2.24) is 15.3 Å². The number of rotatable bonds is 4. The molecule has 0 radical (unpaired) electrons. The van der Waals surface area contributed by atoms with E-state index < -0.39 is 0 Å². The Morgan fingerprint density at radius 1 is 1.50 bits per heavy atom. The van der Waals surface area contributed by atoms with Crippen LogP contribution >= 0.6 is 0 Å². The molecule has 0 saturated carbocycles. The maximum Gasteiger partial charge on any atom is 0.125 e. The monoisotopic (exact) mass is 221 g/mol. The highest BCUT2D eigenvalue weighted by molar-refractivity contribution is 5.01. The quantitative estimate of drug-likeness (QED) is 0.835. The molecule has 4 heteroatoms. The van der Waals surface area contributed by atoms with E-state index in [1.54, 1.807) is 6.20 Å². The molecule has 2 atom stereocenters. The van der Waals surface area contributed by atoms with Crippen molar-refractivity contribution in [2.45, 2.75) is 45.4 Å². The van der Waals surface area contributed by atoms with Gasteiger partial charge in [0.25, 0.3) is 0 Å². The van der Waals surface area contributed by atoms with Crippen LogP contribution in [0.4, 0.5) is 0 Å². The summed E-state index contributed by atoms with van der Waals surface area (Å²) in [7, 11) is 0. The van der Waals surface area contributed by atoms with Gasteiger partial charge in [-0.1, -0.05) is 0 Å². The molecule has 0 spiro atoms. The summed E-state index contributed by atoms with van der Waals surface area (Å²) in [4.78, 5) is 8.41. The van der Waals surface area contributed by atoms with Gasteiger partial charge in [-0.25, -0.2) is 9.97 Å². The number of hydrogen-bond acceptors (Lipinski definition) is 4. The standard InChI is InChI=1S/C12H19N3O/c1-9-3-4-12(16-9)8-13-7-11-5-6-14-10(2)15-11/h5-6,9,12-13H,3-4,7-8H2,1-2H3. The Bertz CT molecular complexity index is 343. The summed E-state index contributed by atoms with van der Waals surface area (Å²) in [6.07, 6.45) is 4.94. The SMILES string of the molecule is Cc1nccc(CNCC2CCC(C)O2)n1. The molecule has 1 aliphatic heterocycles. The highest BCUT2D eigenvalue weighted by atomic mass is 16.5. The molecule has 1 saturated heterocycles. The van der Waals surface area contributed by atoms with E-state index in [0.29, 0.717) is 12.2 Å². The molecule has 1 aromatic rings. The highest BCUT2D eigenvalue weighted by Gasteiger charge is 2.20. The Labute approximate surface area is 96.4 Å². The lowest BCUT2D eigenvalue weighted by atomic mass is 10.2. The minimum Gasteiger partial charge on any atom is -0.374 e. The van der Waals surface area contributed by atoms with Gasteiger partial charge < -0.3 is 10.1 Å². The van der Waals surface area contributed by atoms with Gasteiger partial charge in [0.1, 0.15) is 5.82 Å². The number of hydrogen-bond donors (Lipinski definition) is 1. The van der Waals surface area contributed by atoms with E-state index in [1.807, 2.05) is 13.0 Å². The lowest BCUT2D eigenvalue weighted by molar-refractivity contribution is 0.0558. The molecule has 0 bridgehead atoms. The lowest BCUT2D eigenvalue weighted by Crippen LogP contribution is -2.26. The van der Waals surface area contributed by atoms with Crippen molar-refractivity contribution in [3.8, 4) is 0 Å². The summed E-state index contributed by atoms with van der Waals surface area (Å²) >= 11 is 0. The van der Waals surface area contributed by atoms with E-state index in [2.05, 4.69) is 22.2 Å². The summed E-state index contributed by atoms with van der Waals surface area (Å²) in [5.74, 6) is 0.824. The summed E-state index contributed by atoms with van der Waals surface area (Å²) < 4.78 is 5.73. The number of nitrogens with one attached hydrogen (secondary N) is 1. The van der Waals surface area contributed by atoms with Gasteiger partial charge in [-0.2, -0.15) is 0 Å². The van der Waals surface area contributed by atoms with Gasteiger partial charge in [0.15, 0.2) is 0 Å². The fraction of sp³-hybridized carbons (Fsp3) is 0.667. The zero-order chi connectivity index (χ0) is 11.4. The minimum absolute atomic E-state index is 0.373. The molecule has 2 rings (SSSR count). The van der Waals surface area contributed by atoms with E-state index in [9.17, 15) is 0 Å². The van der Waals surface area contributed by atoms with Gasteiger partial charge in [-0.05, 0) is 32.8 Å². The van der Waals surface area contributed by atoms with Gasteiger partial charge >= 0.3 is 0 Å². The lowest BCUT2D eigenvalue weighted by Gasteiger charge is -2.11. The molecule has 88 valence electrons. The average molecular weight is 221 g/mol. The van der Waals surface area contributed by atoms with Crippen LogP contribution in [-0.2, 0) is 11.3 Å². The fourth-order valence-electron chi connectivity index (χ4n) is 2.00. The van der Waals surface area contributed by atoms with Crippen LogP contribution in [0.5, 0.6) is 0 Å². The van der Waals surface area contributed by atoms with Gasteiger partial charge in [0.2, 0.25) is 0 Å². The van der Waals surface area contributed by atoms with Crippen molar-refractivity contribution in [2.75, 3.05) is 6.54 Å². The van der Waals surface area contributed by atoms with E-state index in [0.717, 1.165) is 31.0 Å². The van der Waals surface area contributed by atoms with Crippen LogP contribution in [0.1, 0.15) is 31.3 Å². The van der Waals surface area contributed by atoms with E-state index in [4.69, 9.17) is 4.74 Å². The molecule has 1 aromatic heterocycles. The molecule has 1 aliphatic rings. The van der Waals surface area contributed by atoms with Gasteiger partial charge in [-0.3, -0.25) is 0 Å². The Kier molecular flexibility index (Phi) is 3.85. The highest BCUT2D eigenvalue weighted by Crippen LogP contribution is 2.18. The van der Waals surface area contributed by atoms with Crippen LogP contribution in [0.3, 0.4) is 0 Å². The topological polar surface area (TPSA) is 47.0 Å². The molecule has 1 fully saturated rings. The number of aromatic nitrogens is 2. The summed E-state index contributed by atoms with van der Waals surface area (Å²) in [5, 5.41) is 3.38. The third-order valence-electron chi connectivity index (χ3n) is 2.83. The Balaban J connectivity index is 1.72. The second-order valence-electron chi connectivity index (χ2n) is 4.37. The molecule has 4 nitrogen and oxygen atoms in total. The molecule has 0 aromatic carbocycles. The van der Waals surface area contributed by atoms with Crippen LogP contribution in [0.2, 0.25) is 0 Å². The van der Waals surface area contributed by atoms with Crippen molar-refractivity contribution >= 4 is 0 Å². The van der Waals surface area contributed by atoms with Crippen molar-refractivity contribution in [2.24, 2.45) is 0 Å². The molecule has 0 aliphatic carbocycles. The van der Waals surface area contributed by atoms with Crippen LogP contribution in [0.15, 0.2) is 12.3 Å². The fourth-order valence-corrected chi connectivity index (χ4v) is 2.00. The van der Waals surface area contributed by atoms with Crippen molar-refractivity contribution in [3.05, 3.63) is 23.8 Å². The first-order valence-corrected chi connectivity index (χ1v) is 5.89. The van der Waals surface area contributed by atoms with E-state index >= 15 is 0 Å². The van der Waals surface area contributed by atoms with Crippen molar-refractivity contribution in [3.63, 3.8) is 0 Å². The van der Waals surface area contributed by atoms with Gasteiger partial charge in [0.05, 0.1) is 17.9 Å². The summed E-state index contributed by atoms with van der Waals surface area (Å²) in [6.45, 7) is 5.74. The number of aryl methyl sites for hydroxylation is 1. The molecule has 16 heavy (non-hydrogen) atoms. The van der Waals surface area contributed by atoms with E-state index in [-0.39, 0.29) is 0 Å². The first-order valence-electron chi connectivity index (χ1n) is 5.89. The van der Waals surface area contributed by atoms with Crippen LogP contribution in [0.25, 0.3) is 0 Å². The second-order valence-corrected chi connectivity index (χ2v) is 4.37. The first-order chi connectivity index (χ1) is 7.74. The van der Waals surface area contributed by atoms with Gasteiger partial charge in [-0.15, -0.1) is 0 Å². The Morgan fingerprint density at radius 3 is 3.06 bits per heavy atom. The molecule has 2 unspecified atom stereocenters. The molecular formula is C12H19N3O. The zero-order valence-electron chi connectivity index (χ0n) is 9.94. The van der Waals surface area contributed by atoms with Crippen molar-refractivity contribution < 1.29 is 4.74 Å². The first kappa shape index (κ1) is 11.5. The third kappa shape index (κ3) is 3.25. The molecule has 1 N–H and O–H groups in total. The van der Waals surface area contributed by atoms with Crippen LogP contribution < -0.4 is 5.32 Å². The maximum atomic E-state index is 5.73. The van der Waals surface area contributed by atoms with Crippen molar-refractivity contribution in [1.29, 1.82) is 0 Å². The smallest absolute Gasteiger partial charge is 0.125 e. The maximum absolute atomic E-state index is 5.73. The second kappa shape index (κ2) is 5.37. The summed E-state index contributed by atoms with van der Waals surface area (Å²) in [6, 6.07) is 1.94. The third-order valence-corrected chi connectivity index (χ3v) is 2.83. The number of ether oxygens (including phenoxy) is 1. The Hall–Kier alpha value is -1.00. The normalized spacial score (nSPS) is 24.9. The number of nitrogens with zero attached hydrogens (tertiary/aromatic N) is 2. The summed E-state index contributed by atoms with van der Waals surface area (Å²) in [5.41, 5.74) is 1.04. The molecule has 0 amide bonds. The van der Waals surface area contributed by atoms with Crippen LogP contribution in [0, 0.1) is 6.92 Å². The molecule has 2 heterocycles. The minimum atomic E-state index is 0.373. The van der Waals surface area contributed by atoms with E-state index in [1.165, 1.54) is 6.42 Å². The predicted molar refractivity (Wildman–Crippen MR) is 62.0 cm³/mol. The largest absolute Gasteiger partial charge is 0.374 e. The Morgan fingerprint density at radius 2 is 2.38 bits per heavy atom. The average Bonchev–Trinajstić information content (AvgIpc) is 2.64.